The molecule has 0 atom stereocenters. The Kier molecular flexibility index (Phi) is 4.08. The minimum atomic E-state index is -4.60. The van der Waals surface area contributed by atoms with Gasteiger partial charge >= 0.3 is 6.18 Å². The molecule has 2 rings (SSSR count). The molecule has 0 radical (unpaired) electrons. The van der Waals surface area contributed by atoms with Crippen molar-refractivity contribution in [2.45, 2.75) is 6.18 Å². The summed E-state index contributed by atoms with van der Waals surface area (Å²) in [6.45, 7) is 0. The van der Waals surface area contributed by atoms with Gasteiger partial charge in [0, 0.05) is 10.7 Å². The maximum Gasteiger partial charge on any atom is 0.417 e. The molecule has 0 unspecified atom stereocenters. The molecule has 0 saturated heterocycles. The number of carbonyl (C=O) groups is 1. The van der Waals surface area contributed by atoms with E-state index in [-0.39, 0.29) is 5.82 Å². The van der Waals surface area contributed by atoms with Gasteiger partial charge in [0.2, 0.25) is 0 Å². The topological polar surface area (TPSA) is 42.0 Å². The first-order valence-electron chi connectivity index (χ1n) is 5.47. The largest absolute Gasteiger partial charge is 0.417 e. The van der Waals surface area contributed by atoms with Crippen molar-refractivity contribution in [3.05, 3.63) is 58.2 Å². The lowest BCUT2D eigenvalue weighted by molar-refractivity contribution is -0.137. The normalized spacial score (nSPS) is 11.2. The number of benzene rings is 1. The molecule has 3 nitrogen and oxygen atoms in total. The number of alkyl halides is 3. The van der Waals surface area contributed by atoms with Gasteiger partial charge in [0.05, 0.1) is 11.1 Å². The first-order valence-corrected chi connectivity index (χ1v) is 6.26. The van der Waals surface area contributed by atoms with Gasteiger partial charge in [-0.3, -0.25) is 4.79 Å². The van der Waals surface area contributed by atoms with Gasteiger partial charge in [-0.25, -0.2) is 4.98 Å². The maximum absolute atomic E-state index is 12.9. The van der Waals surface area contributed by atoms with Crippen LogP contribution in [-0.2, 0) is 6.18 Å². The number of carbonyl (C=O) groups excluding carboxylic acids is 1. The fraction of sp³-hybridized carbons (Fsp3) is 0.0769. The maximum atomic E-state index is 12.9. The van der Waals surface area contributed by atoms with Crippen molar-refractivity contribution in [3.63, 3.8) is 0 Å². The van der Waals surface area contributed by atoms with Gasteiger partial charge in [-0.15, -0.1) is 0 Å². The van der Waals surface area contributed by atoms with E-state index in [1.54, 1.807) is 12.1 Å². The van der Waals surface area contributed by atoms with Crippen molar-refractivity contribution >= 4 is 27.7 Å². The number of amides is 1. The zero-order chi connectivity index (χ0) is 14.8. The van der Waals surface area contributed by atoms with E-state index in [0.29, 0.717) is 4.47 Å². The summed E-state index contributed by atoms with van der Waals surface area (Å²) in [5.74, 6) is -0.678. The number of hydrogen-bond donors (Lipinski definition) is 1. The lowest BCUT2D eigenvalue weighted by Gasteiger charge is -2.13. The summed E-state index contributed by atoms with van der Waals surface area (Å²) >= 11 is 3.05. The van der Waals surface area contributed by atoms with Gasteiger partial charge in [0.1, 0.15) is 5.82 Å². The molecule has 2 aromatic rings. The summed E-state index contributed by atoms with van der Waals surface area (Å²) in [6, 6.07) is 7.96. The van der Waals surface area contributed by atoms with Gasteiger partial charge in [-0.2, -0.15) is 13.2 Å². The highest BCUT2D eigenvalue weighted by atomic mass is 79.9. The van der Waals surface area contributed by atoms with Gasteiger partial charge in [-0.1, -0.05) is 22.0 Å². The molecule has 0 spiro atoms. The minimum absolute atomic E-state index is 0.186. The molecule has 1 heterocycles. The standard InChI is InChI=1S/C13H8BrF3N2O/c14-8-4-5-10(13(15,16)17)9(7-8)12(20)19-11-3-1-2-6-18-11/h1-7H,(H,18,19,20). The summed E-state index contributed by atoms with van der Waals surface area (Å²) in [7, 11) is 0. The highest BCUT2D eigenvalue weighted by Gasteiger charge is 2.35. The SMILES string of the molecule is O=C(Nc1ccccn1)c1cc(Br)ccc1C(F)(F)F. The van der Waals surface area contributed by atoms with Gasteiger partial charge in [-0.05, 0) is 30.3 Å². The second-order valence-electron chi connectivity index (χ2n) is 3.86. The number of halogens is 4. The lowest BCUT2D eigenvalue weighted by atomic mass is 10.1. The van der Waals surface area contributed by atoms with Crippen molar-refractivity contribution in [2.75, 3.05) is 5.32 Å². The van der Waals surface area contributed by atoms with Crippen LogP contribution in [0.25, 0.3) is 0 Å². The molecule has 0 bridgehead atoms. The molecule has 104 valence electrons. The predicted octanol–water partition coefficient (Wildman–Crippen LogP) is 4.12. The van der Waals surface area contributed by atoms with E-state index in [2.05, 4.69) is 26.2 Å². The monoisotopic (exact) mass is 344 g/mol. The van der Waals surface area contributed by atoms with Crippen molar-refractivity contribution in [3.8, 4) is 0 Å². The fourth-order valence-electron chi connectivity index (χ4n) is 1.57. The second-order valence-corrected chi connectivity index (χ2v) is 4.77. The summed E-state index contributed by atoms with van der Waals surface area (Å²) in [4.78, 5) is 15.8. The summed E-state index contributed by atoms with van der Waals surface area (Å²) in [5.41, 5.74) is -1.45. The Bertz CT molecular complexity index is 629. The van der Waals surface area contributed by atoms with Crippen LogP contribution in [0.4, 0.5) is 19.0 Å². The summed E-state index contributed by atoms with van der Waals surface area (Å²) in [6.07, 6.45) is -3.17. The molecule has 0 aliphatic carbocycles. The Hall–Kier alpha value is -1.89. The number of rotatable bonds is 2. The van der Waals surface area contributed by atoms with E-state index >= 15 is 0 Å². The number of pyridine rings is 1. The van der Waals surface area contributed by atoms with Gasteiger partial charge in [0.25, 0.3) is 5.91 Å². The van der Waals surface area contributed by atoms with Crippen LogP contribution in [-0.4, -0.2) is 10.9 Å². The number of nitrogens with one attached hydrogen (secondary N) is 1. The molecule has 0 saturated carbocycles. The van der Waals surface area contributed by atoms with Crippen LogP contribution >= 0.6 is 15.9 Å². The third-order valence-corrected chi connectivity index (χ3v) is 2.93. The first kappa shape index (κ1) is 14.5. The van der Waals surface area contributed by atoms with Crippen LogP contribution < -0.4 is 5.32 Å². The highest BCUT2D eigenvalue weighted by Crippen LogP contribution is 2.33. The van der Waals surface area contributed by atoms with E-state index in [0.717, 1.165) is 12.1 Å². The zero-order valence-corrected chi connectivity index (χ0v) is 11.5. The summed E-state index contributed by atoms with van der Waals surface area (Å²) in [5, 5.41) is 2.33. The fourth-order valence-corrected chi connectivity index (χ4v) is 1.93. The smallest absolute Gasteiger partial charge is 0.307 e. The van der Waals surface area contributed by atoms with Crippen LogP contribution in [0.15, 0.2) is 47.1 Å². The van der Waals surface area contributed by atoms with Crippen molar-refractivity contribution in [1.82, 2.24) is 4.98 Å². The highest BCUT2D eigenvalue weighted by molar-refractivity contribution is 9.10. The van der Waals surface area contributed by atoms with Crippen LogP contribution in [0.2, 0.25) is 0 Å². The van der Waals surface area contributed by atoms with E-state index < -0.39 is 23.2 Å². The third-order valence-electron chi connectivity index (χ3n) is 2.44. The van der Waals surface area contributed by atoms with Crippen molar-refractivity contribution in [1.29, 1.82) is 0 Å². The van der Waals surface area contributed by atoms with Crippen LogP contribution in [0.1, 0.15) is 15.9 Å². The Morgan fingerprint density at radius 3 is 2.55 bits per heavy atom. The Labute approximate surface area is 121 Å². The molecule has 0 fully saturated rings. The van der Waals surface area contributed by atoms with Gasteiger partial charge < -0.3 is 5.32 Å². The number of nitrogens with zero attached hydrogens (tertiary/aromatic N) is 1. The van der Waals surface area contributed by atoms with Crippen molar-refractivity contribution < 1.29 is 18.0 Å². The molecule has 0 aliphatic heterocycles. The Morgan fingerprint density at radius 1 is 1.20 bits per heavy atom. The number of aromatic nitrogens is 1. The van der Waals surface area contributed by atoms with Crippen LogP contribution in [0, 0.1) is 0 Å². The molecule has 0 aliphatic rings. The quantitative estimate of drug-likeness (QED) is 0.890. The Balaban J connectivity index is 2.36. The molecule has 1 aromatic heterocycles. The molecule has 20 heavy (non-hydrogen) atoms. The minimum Gasteiger partial charge on any atom is -0.307 e. The zero-order valence-electron chi connectivity index (χ0n) is 9.91. The number of hydrogen-bond acceptors (Lipinski definition) is 2. The lowest BCUT2D eigenvalue weighted by Crippen LogP contribution is -2.19. The average molecular weight is 345 g/mol. The molecule has 1 aromatic carbocycles. The Morgan fingerprint density at radius 2 is 1.95 bits per heavy atom. The molecule has 7 heteroatoms. The molecular formula is C13H8BrF3N2O. The first-order chi connectivity index (χ1) is 9.38. The predicted molar refractivity (Wildman–Crippen MR) is 71.3 cm³/mol. The summed E-state index contributed by atoms with van der Waals surface area (Å²) < 4.78 is 39.0. The van der Waals surface area contributed by atoms with E-state index in [1.165, 1.54) is 18.3 Å². The molecular weight excluding hydrogens is 337 g/mol. The van der Waals surface area contributed by atoms with E-state index in [4.69, 9.17) is 0 Å². The molecule has 1 N–H and O–H groups in total. The second kappa shape index (κ2) is 5.62. The van der Waals surface area contributed by atoms with E-state index in [9.17, 15) is 18.0 Å². The van der Waals surface area contributed by atoms with Crippen LogP contribution in [0.3, 0.4) is 0 Å². The van der Waals surface area contributed by atoms with E-state index in [1.807, 2.05) is 0 Å². The molecule has 1 amide bonds. The third kappa shape index (κ3) is 3.36. The van der Waals surface area contributed by atoms with Crippen LogP contribution in [0.5, 0.6) is 0 Å². The van der Waals surface area contributed by atoms with Gasteiger partial charge in [0.15, 0.2) is 0 Å². The average Bonchev–Trinajstić information content (AvgIpc) is 2.38. The van der Waals surface area contributed by atoms with Crippen molar-refractivity contribution in [2.24, 2.45) is 0 Å². The number of anilines is 1.